The second-order valence-corrected chi connectivity index (χ2v) is 8.78. The van der Waals surface area contributed by atoms with Crippen molar-refractivity contribution in [1.82, 2.24) is 15.3 Å². The summed E-state index contributed by atoms with van der Waals surface area (Å²) in [6.45, 7) is 3.57. The first-order valence-corrected chi connectivity index (χ1v) is 11.9. The van der Waals surface area contributed by atoms with Crippen LogP contribution in [0.4, 0.5) is 24.7 Å². The van der Waals surface area contributed by atoms with E-state index in [1.807, 2.05) is 6.92 Å². The zero-order valence-electron chi connectivity index (χ0n) is 20.2. The van der Waals surface area contributed by atoms with Gasteiger partial charge >= 0.3 is 6.18 Å². The maximum atomic E-state index is 13.0. The summed E-state index contributed by atoms with van der Waals surface area (Å²) in [5, 5.41) is 18.3. The van der Waals surface area contributed by atoms with Crippen LogP contribution in [0.3, 0.4) is 0 Å². The molecule has 0 unspecified atom stereocenters. The molecule has 11 heteroatoms. The first-order chi connectivity index (χ1) is 17.7. The number of hydrogen-bond donors (Lipinski definition) is 4. The highest BCUT2D eigenvalue weighted by Gasteiger charge is 2.31. The second-order valence-electron chi connectivity index (χ2n) is 8.78. The van der Waals surface area contributed by atoms with Crippen molar-refractivity contribution in [3.8, 4) is 17.0 Å². The van der Waals surface area contributed by atoms with Crippen LogP contribution in [0.5, 0.6) is 5.88 Å². The van der Waals surface area contributed by atoms with Gasteiger partial charge in [-0.2, -0.15) is 18.2 Å². The number of hydrogen-bond acceptors (Lipinski definition) is 7. The molecule has 1 saturated heterocycles. The highest BCUT2D eigenvalue weighted by Crippen LogP contribution is 2.32. The van der Waals surface area contributed by atoms with Crippen LogP contribution >= 0.6 is 0 Å². The first kappa shape index (κ1) is 26.4. The van der Waals surface area contributed by atoms with E-state index < -0.39 is 17.6 Å². The van der Waals surface area contributed by atoms with Crippen LogP contribution in [-0.2, 0) is 6.18 Å². The number of carbonyl (C=O) groups is 1. The fourth-order valence-corrected chi connectivity index (χ4v) is 4.03. The average Bonchev–Trinajstić information content (AvgIpc) is 3.40. The van der Waals surface area contributed by atoms with Crippen LogP contribution in [0.1, 0.15) is 34.3 Å². The number of nitrogens with zero attached hydrogens (tertiary/aromatic N) is 2. The van der Waals surface area contributed by atoms with Crippen LogP contribution in [0.25, 0.3) is 11.1 Å². The van der Waals surface area contributed by atoms with Gasteiger partial charge in [-0.05, 0) is 67.3 Å². The molecule has 1 fully saturated rings. The van der Waals surface area contributed by atoms with Crippen LogP contribution in [0.2, 0.25) is 0 Å². The molecule has 1 aromatic carbocycles. The zero-order chi connectivity index (χ0) is 26.4. The molecule has 4 rings (SSSR count). The van der Waals surface area contributed by atoms with Gasteiger partial charge in [0.2, 0.25) is 5.88 Å². The van der Waals surface area contributed by atoms with Crippen LogP contribution in [0.15, 0.2) is 48.8 Å². The van der Waals surface area contributed by atoms with E-state index in [0.717, 1.165) is 48.3 Å². The Balaban J connectivity index is 1.59. The van der Waals surface area contributed by atoms with E-state index in [4.69, 9.17) is 4.74 Å². The number of aryl methyl sites for hydroxylation is 1. The van der Waals surface area contributed by atoms with Gasteiger partial charge in [0.25, 0.3) is 5.91 Å². The van der Waals surface area contributed by atoms with Gasteiger partial charge < -0.3 is 25.8 Å². The topological polar surface area (TPSA) is 108 Å². The normalized spacial score (nSPS) is 15.4. The predicted octanol–water partition coefficient (Wildman–Crippen LogP) is 4.26. The number of ether oxygens (including phenoxy) is 1. The number of nitrogens with one attached hydrogen (secondary N) is 3. The highest BCUT2D eigenvalue weighted by molar-refractivity contribution is 6.04. The Morgan fingerprint density at radius 3 is 2.78 bits per heavy atom. The number of benzene rings is 1. The van der Waals surface area contributed by atoms with Gasteiger partial charge in [-0.15, -0.1) is 0 Å². The molecule has 8 nitrogen and oxygen atoms in total. The number of aliphatic hydroxyl groups is 1. The predicted molar refractivity (Wildman–Crippen MR) is 134 cm³/mol. The molecule has 0 bridgehead atoms. The molecule has 0 saturated carbocycles. The Bertz CT molecular complexity index is 1250. The largest absolute Gasteiger partial charge is 0.476 e. The summed E-state index contributed by atoms with van der Waals surface area (Å²) in [7, 11) is 0. The van der Waals surface area contributed by atoms with Crippen molar-refractivity contribution in [2.45, 2.75) is 32.0 Å². The van der Waals surface area contributed by atoms with Crippen molar-refractivity contribution >= 4 is 17.4 Å². The van der Waals surface area contributed by atoms with Gasteiger partial charge in [0, 0.05) is 36.7 Å². The minimum absolute atomic E-state index is 0.0704. The Hall–Kier alpha value is -3.70. The lowest BCUT2D eigenvalue weighted by Crippen LogP contribution is -2.28. The van der Waals surface area contributed by atoms with E-state index in [-0.39, 0.29) is 18.2 Å². The molecule has 0 aliphatic carbocycles. The number of amides is 1. The number of carbonyl (C=O) groups excluding carboxylic acids is 1. The van der Waals surface area contributed by atoms with Crippen LogP contribution < -0.4 is 20.7 Å². The molecule has 2 aromatic heterocycles. The summed E-state index contributed by atoms with van der Waals surface area (Å²) in [6.07, 6.45) is -0.715. The summed E-state index contributed by atoms with van der Waals surface area (Å²) < 4.78 is 45.0. The third-order valence-corrected chi connectivity index (χ3v) is 5.95. The fourth-order valence-electron chi connectivity index (χ4n) is 4.03. The maximum absolute atomic E-state index is 13.0. The number of alkyl halides is 3. The number of pyridine rings is 2. The van der Waals surface area contributed by atoms with Crippen molar-refractivity contribution in [2.24, 2.45) is 0 Å². The van der Waals surface area contributed by atoms with Gasteiger partial charge in [0.15, 0.2) is 0 Å². The lowest BCUT2D eigenvalue weighted by molar-refractivity contribution is -0.137. The van der Waals surface area contributed by atoms with Crippen LogP contribution in [-0.4, -0.2) is 53.3 Å². The number of rotatable bonds is 9. The van der Waals surface area contributed by atoms with E-state index >= 15 is 0 Å². The fraction of sp³-hybridized carbons (Fsp3) is 0.346. The smallest absolute Gasteiger partial charge is 0.417 e. The van der Waals surface area contributed by atoms with E-state index in [1.54, 1.807) is 30.3 Å². The number of aromatic nitrogens is 2. The quantitative estimate of drug-likeness (QED) is 0.337. The molecule has 3 aromatic rings. The third kappa shape index (κ3) is 6.95. The summed E-state index contributed by atoms with van der Waals surface area (Å²) in [5.74, 6) is 0.224. The summed E-state index contributed by atoms with van der Waals surface area (Å²) in [4.78, 5) is 20.7. The zero-order valence-corrected chi connectivity index (χ0v) is 20.2. The SMILES string of the molecule is Cc1ccc(NC(=O)c2cncc(C(F)(F)F)c2)cc1-c1cc(NCCO)nc(OC[C@@H]2CCCN2)c1. The highest BCUT2D eigenvalue weighted by atomic mass is 19.4. The van der Waals surface area contributed by atoms with Gasteiger partial charge in [0.1, 0.15) is 12.4 Å². The van der Waals surface area contributed by atoms with Gasteiger partial charge in [-0.25, -0.2) is 0 Å². The molecule has 0 spiro atoms. The molecule has 1 amide bonds. The average molecular weight is 516 g/mol. The van der Waals surface area contributed by atoms with Crippen molar-refractivity contribution in [3.05, 3.63) is 65.5 Å². The molecule has 4 N–H and O–H groups in total. The van der Waals surface area contributed by atoms with Crippen molar-refractivity contribution in [2.75, 3.05) is 36.9 Å². The molecular weight excluding hydrogens is 487 g/mol. The van der Waals surface area contributed by atoms with Gasteiger partial charge in [-0.1, -0.05) is 6.07 Å². The number of aliphatic hydroxyl groups excluding tert-OH is 1. The molecule has 0 radical (unpaired) electrons. The minimum Gasteiger partial charge on any atom is -0.476 e. The van der Waals surface area contributed by atoms with E-state index in [0.29, 0.717) is 36.7 Å². The molecular formula is C26H28F3N5O3. The minimum atomic E-state index is -4.60. The van der Waals surface area contributed by atoms with E-state index in [1.165, 1.54) is 0 Å². The lowest BCUT2D eigenvalue weighted by Gasteiger charge is -2.16. The Morgan fingerprint density at radius 1 is 1.22 bits per heavy atom. The van der Waals surface area contributed by atoms with Crippen molar-refractivity contribution < 1.29 is 27.8 Å². The number of anilines is 2. The van der Waals surface area contributed by atoms with E-state index in [2.05, 4.69) is 25.9 Å². The van der Waals surface area contributed by atoms with Gasteiger partial charge in [-0.3, -0.25) is 9.78 Å². The first-order valence-electron chi connectivity index (χ1n) is 11.9. The van der Waals surface area contributed by atoms with Crippen LogP contribution in [0, 0.1) is 6.92 Å². The Morgan fingerprint density at radius 2 is 2.05 bits per heavy atom. The summed E-state index contributed by atoms with van der Waals surface area (Å²) >= 11 is 0. The molecule has 1 atom stereocenters. The monoisotopic (exact) mass is 515 g/mol. The van der Waals surface area contributed by atoms with Crippen molar-refractivity contribution in [3.63, 3.8) is 0 Å². The maximum Gasteiger partial charge on any atom is 0.417 e. The summed E-state index contributed by atoms with van der Waals surface area (Å²) in [6, 6.07) is 9.84. The van der Waals surface area contributed by atoms with E-state index in [9.17, 15) is 23.1 Å². The summed E-state index contributed by atoms with van der Waals surface area (Å²) in [5.41, 5.74) is 1.65. The van der Waals surface area contributed by atoms with Crippen molar-refractivity contribution in [1.29, 1.82) is 0 Å². The Kier molecular flexibility index (Phi) is 8.24. The second kappa shape index (κ2) is 11.6. The molecule has 37 heavy (non-hydrogen) atoms. The number of halogens is 3. The molecule has 196 valence electrons. The third-order valence-electron chi connectivity index (χ3n) is 5.95. The Labute approximate surface area is 212 Å². The standard InChI is InChI=1S/C26H28F3N5O3/c1-16-4-5-20(33-25(36)18-9-19(14-30-13-18)26(27,28)29)12-22(16)17-10-23(32-7-8-35)34-24(11-17)37-15-21-3-2-6-31-21/h4-5,9-14,21,31,35H,2-3,6-8,15H2,1H3,(H,32,34)(H,33,36)/t21-/m0/s1. The molecule has 3 heterocycles. The lowest BCUT2D eigenvalue weighted by atomic mass is 10.00. The molecule has 1 aliphatic rings. The molecule has 1 aliphatic heterocycles. The van der Waals surface area contributed by atoms with Gasteiger partial charge in [0.05, 0.1) is 17.7 Å².